The van der Waals surface area contributed by atoms with Gasteiger partial charge in [0.15, 0.2) is 9.84 Å². The van der Waals surface area contributed by atoms with E-state index in [1.165, 1.54) is 11.8 Å². The monoisotopic (exact) mass is 453 g/mol. The average molecular weight is 454 g/mol. The standard InChI is InChI=1S/C18H23N5O3S3/c24-17(23-8-6-22(7-9-23)14-5-11-29(25,26)13-14)12-28-18-19-16(20-21-18)4-3-15-2-1-10-27-15/h1-4,10,14H,5-9,11-13H2,(H,19,20,21). The van der Waals surface area contributed by atoms with Crippen molar-refractivity contribution in [1.29, 1.82) is 0 Å². The van der Waals surface area contributed by atoms with Crippen molar-refractivity contribution >= 4 is 51.0 Å². The molecular formula is C18H23N5O3S3. The molecule has 1 amide bonds. The summed E-state index contributed by atoms with van der Waals surface area (Å²) in [5.74, 6) is 1.56. The number of aromatic nitrogens is 3. The van der Waals surface area contributed by atoms with Gasteiger partial charge in [-0.2, -0.15) is 0 Å². The Morgan fingerprint density at radius 2 is 2.14 bits per heavy atom. The highest BCUT2D eigenvalue weighted by Crippen LogP contribution is 2.20. The fraction of sp³-hybridized carbons (Fsp3) is 0.500. The van der Waals surface area contributed by atoms with Crippen molar-refractivity contribution in [2.45, 2.75) is 17.6 Å². The molecule has 4 rings (SSSR count). The highest BCUT2D eigenvalue weighted by molar-refractivity contribution is 7.99. The zero-order chi connectivity index (χ0) is 20.3. The summed E-state index contributed by atoms with van der Waals surface area (Å²) in [5, 5.41) is 9.60. The Morgan fingerprint density at radius 3 is 2.83 bits per heavy atom. The number of H-pyrrole nitrogens is 1. The average Bonchev–Trinajstić information content (AvgIpc) is 3.46. The van der Waals surface area contributed by atoms with E-state index in [-0.39, 0.29) is 23.5 Å². The van der Waals surface area contributed by atoms with Crippen LogP contribution in [-0.2, 0) is 14.6 Å². The Bertz CT molecular complexity index is 963. The van der Waals surface area contributed by atoms with Gasteiger partial charge in [-0.15, -0.1) is 16.4 Å². The largest absolute Gasteiger partial charge is 0.339 e. The quantitative estimate of drug-likeness (QED) is 0.661. The summed E-state index contributed by atoms with van der Waals surface area (Å²) >= 11 is 2.97. The molecule has 29 heavy (non-hydrogen) atoms. The molecule has 1 unspecified atom stereocenters. The Balaban J connectivity index is 1.22. The second-order valence-corrected chi connectivity index (χ2v) is 11.3. The summed E-state index contributed by atoms with van der Waals surface area (Å²) in [7, 11) is -2.88. The smallest absolute Gasteiger partial charge is 0.233 e. The van der Waals surface area contributed by atoms with Gasteiger partial charge in [0.1, 0.15) is 5.82 Å². The van der Waals surface area contributed by atoms with Gasteiger partial charge in [0, 0.05) is 37.1 Å². The van der Waals surface area contributed by atoms with Crippen LogP contribution in [0, 0.1) is 0 Å². The van der Waals surface area contributed by atoms with Gasteiger partial charge in [-0.05, 0) is 30.0 Å². The van der Waals surface area contributed by atoms with Crippen molar-refractivity contribution in [3.63, 3.8) is 0 Å². The molecule has 2 saturated heterocycles. The first-order valence-corrected chi connectivity index (χ1v) is 13.2. The number of thioether (sulfide) groups is 1. The molecule has 156 valence electrons. The number of hydrogen-bond donors (Lipinski definition) is 1. The lowest BCUT2D eigenvalue weighted by Gasteiger charge is -2.37. The molecule has 2 aliphatic rings. The lowest BCUT2D eigenvalue weighted by molar-refractivity contribution is -0.130. The first-order valence-electron chi connectivity index (χ1n) is 9.47. The van der Waals surface area contributed by atoms with E-state index in [0.717, 1.165) is 18.0 Å². The number of nitrogens with zero attached hydrogens (tertiary/aromatic N) is 4. The van der Waals surface area contributed by atoms with Gasteiger partial charge in [0.05, 0.1) is 17.3 Å². The molecular weight excluding hydrogens is 430 g/mol. The van der Waals surface area contributed by atoms with Crippen molar-refractivity contribution in [1.82, 2.24) is 25.0 Å². The Hall–Kier alpha value is -1.69. The highest BCUT2D eigenvalue weighted by atomic mass is 32.2. The number of nitrogens with one attached hydrogen (secondary N) is 1. The van der Waals surface area contributed by atoms with E-state index in [0.29, 0.717) is 36.2 Å². The second-order valence-electron chi connectivity index (χ2n) is 7.11. The van der Waals surface area contributed by atoms with Gasteiger partial charge in [-0.25, -0.2) is 13.4 Å². The third-order valence-electron chi connectivity index (χ3n) is 5.15. The van der Waals surface area contributed by atoms with Crippen molar-refractivity contribution in [2.24, 2.45) is 0 Å². The van der Waals surface area contributed by atoms with Gasteiger partial charge >= 0.3 is 0 Å². The van der Waals surface area contributed by atoms with Gasteiger partial charge in [-0.3, -0.25) is 14.8 Å². The summed E-state index contributed by atoms with van der Waals surface area (Å²) in [5.41, 5.74) is 0. The maximum atomic E-state index is 12.5. The van der Waals surface area contributed by atoms with E-state index in [4.69, 9.17) is 0 Å². The van der Waals surface area contributed by atoms with E-state index < -0.39 is 9.84 Å². The predicted molar refractivity (Wildman–Crippen MR) is 116 cm³/mol. The molecule has 2 fully saturated rings. The van der Waals surface area contributed by atoms with Crippen LogP contribution in [-0.4, -0.2) is 88.8 Å². The summed E-state index contributed by atoms with van der Waals surface area (Å²) in [4.78, 5) is 22.1. The molecule has 1 atom stereocenters. The van der Waals surface area contributed by atoms with Crippen molar-refractivity contribution < 1.29 is 13.2 Å². The van der Waals surface area contributed by atoms with E-state index in [1.807, 2.05) is 34.6 Å². The fourth-order valence-electron chi connectivity index (χ4n) is 3.56. The number of rotatable bonds is 6. The summed E-state index contributed by atoms with van der Waals surface area (Å²) in [6.07, 6.45) is 4.55. The number of piperazine rings is 1. The molecule has 0 saturated carbocycles. The van der Waals surface area contributed by atoms with E-state index in [1.54, 1.807) is 11.3 Å². The van der Waals surface area contributed by atoms with Crippen molar-refractivity contribution in [3.05, 3.63) is 28.2 Å². The minimum atomic E-state index is -2.88. The highest BCUT2D eigenvalue weighted by Gasteiger charge is 2.34. The minimum absolute atomic E-state index is 0.0640. The van der Waals surface area contributed by atoms with Crippen LogP contribution >= 0.6 is 23.1 Å². The lowest BCUT2D eigenvalue weighted by atomic mass is 10.2. The number of thiophene rings is 1. The molecule has 0 bridgehead atoms. The zero-order valence-electron chi connectivity index (χ0n) is 15.9. The van der Waals surface area contributed by atoms with Crippen LogP contribution in [0.4, 0.5) is 0 Å². The molecule has 2 aromatic rings. The Morgan fingerprint density at radius 1 is 1.31 bits per heavy atom. The van der Waals surface area contributed by atoms with Crippen LogP contribution in [0.1, 0.15) is 17.1 Å². The van der Waals surface area contributed by atoms with Crippen LogP contribution in [0.15, 0.2) is 22.7 Å². The molecule has 0 aromatic carbocycles. The predicted octanol–water partition coefficient (Wildman–Crippen LogP) is 1.46. The van der Waals surface area contributed by atoms with Gasteiger partial charge in [0.25, 0.3) is 0 Å². The maximum absolute atomic E-state index is 12.5. The van der Waals surface area contributed by atoms with Crippen molar-refractivity contribution in [3.8, 4) is 0 Å². The number of amides is 1. The molecule has 2 aromatic heterocycles. The minimum Gasteiger partial charge on any atom is -0.339 e. The molecule has 2 aliphatic heterocycles. The molecule has 4 heterocycles. The van der Waals surface area contributed by atoms with E-state index in [2.05, 4.69) is 20.1 Å². The van der Waals surface area contributed by atoms with Crippen LogP contribution in [0.25, 0.3) is 12.2 Å². The SMILES string of the molecule is O=C(CSc1n[nH]c(C=Cc2cccs2)n1)N1CCN(C2CCS(=O)(=O)C2)CC1. The van der Waals surface area contributed by atoms with E-state index >= 15 is 0 Å². The first kappa shape index (κ1) is 20.6. The van der Waals surface area contributed by atoms with E-state index in [9.17, 15) is 13.2 Å². The summed E-state index contributed by atoms with van der Waals surface area (Å²) in [6, 6.07) is 4.13. The van der Waals surface area contributed by atoms with Crippen LogP contribution < -0.4 is 0 Å². The Kier molecular flexibility index (Phi) is 6.38. The van der Waals surface area contributed by atoms with Crippen LogP contribution in [0.2, 0.25) is 0 Å². The molecule has 11 heteroatoms. The molecule has 0 spiro atoms. The summed E-state index contributed by atoms with van der Waals surface area (Å²) in [6.45, 7) is 2.74. The van der Waals surface area contributed by atoms with Crippen LogP contribution in [0.5, 0.6) is 0 Å². The number of carbonyl (C=O) groups excluding carboxylic acids is 1. The topological polar surface area (TPSA) is 99.3 Å². The number of hydrogen-bond acceptors (Lipinski definition) is 8. The normalized spacial score (nSPS) is 22.5. The first-order chi connectivity index (χ1) is 14.0. The summed E-state index contributed by atoms with van der Waals surface area (Å²) < 4.78 is 23.3. The Labute approximate surface area is 178 Å². The maximum Gasteiger partial charge on any atom is 0.233 e. The van der Waals surface area contributed by atoms with Gasteiger partial charge in [0.2, 0.25) is 11.1 Å². The molecule has 8 nitrogen and oxygen atoms in total. The number of carbonyl (C=O) groups is 1. The third-order valence-corrected chi connectivity index (χ3v) is 8.57. The zero-order valence-corrected chi connectivity index (χ0v) is 18.3. The van der Waals surface area contributed by atoms with Gasteiger partial charge in [-0.1, -0.05) is 17.8 Å². The second kappa shape index (κ2) is 8.99. The lowest BCUT2D eigenvalue weighted by Crippen LogP contribution is -2.52. The molecule has 1 N–H and O–H groups in total. The van der Waals surface area contributed by atoms with Crippen LogP contribution in [0.3, 0.4) is 0 Å². The van der Waals surface area contributed by atoms with Gasteiger partial charge < -0.3 is 4.90 Å². The number of aromatic amines is 1. The van der Waals surface area contributed by atoms with Crippen molar-refractivity contribution in [2.75, 3.05) is 43.4 Å². The third kappa shape index (κ3) is 5.47. The molecule has 0 radical (unpaired) electrons. The number of sulfone groups is 1. The fourth-order valence-corrected chi connectivity index (χ4v) is 6.65. The molecule has 0 aliphatic carbocycles.